The van der Waals surface area contributed by atoms with Crippen molar-refractivity contribution < 1.29 is 22.8 Å². The molecular formula is C21H22ClN3O5S2. The Morgan fingerprint density at radius 2 is 1.88 bits per heavy atom. The first-order chi connectivity index (χ1) is 15.2. The average molecular weight is 496 g/mol. The molecule has 1 aliphatic rings. The van der Waals surface area contributed by atoms with Crippen molar-refractivity contribution in [2.24, 2.45) is 0 Å². The van der Waals surface area contributed by atoms with E-state index in [-0.39, 0.29) is 39.0 Å². The smallest absolute Gasteiger partial charge is 0.289 e. The number of rotatable bonds is 8. The molecule has 8 nitrogen and oxygen atoms in total. The quantitative estimate of drug-likeness (QED) is 0.597. The summed E-state index contributed by atoms with van der Waals surface area (Å²) in [7, 11) is -3.81. The van der Waals surface area contributed by atoms with Crippen LogP contribution < -0.4 is 5.32 Å². The molecular weight excluding hydrogens is 474 g/mol. The lowest BCUT2D eigenvalue weighted by molar-refractivity contribution is -0.125. The fraction of sp³-hybridized carbons (Fsp3) is 0.286. The molecule has 1 saturated heterocycles. The highest BCUT2D eigenvalue weighted by Crippen LogP contribution is 2.28. The number of nitrogens with one attached hydrogen (secondary N) is 1. The van der Waals surface area contributed by atoms with Gasteiger partial charge >= 0.3 is 0 Å². The van der Waals surface area contributed by atoms with E-state index in [1.165, 1.54) is 22.5 Å². The van der Waals surface area contributed by atoms with Crippen molar-refractivity contribution in [2.75, 3.05) is 24.2 Å². The molecule has 3 rings (SSSR count). The van der Waals surface area contributed by atoms with Crippen molar-refractivity contribution in [3.8, 4) is 0 Å². The molecule has 0 radical (unpaired) electrons. The fourth-order valence-electron chi connectivity index (χ4n) is 3.21. The number of carbonyl (C=O) groups is 3. The Labute approximate surface area is 196 Å². The second-order valence-electron chi connectivity index (χ2n) is 6.92. The predicted molar refractivity (Wildman–Crippen MR) is 124 cm³/mol. The van der Waals surface area contributed by atoms with E-state index < -0.39 is 15.9 Å². The van der Waals surface area contributed by atoms with E-state index in [2.05, 4.69) is 5.32 Å². The van der Waals surface area contributed by atoms with Gasteiger partial charge in [0.05, 0.1) is 17.3 Å². The van der Waals surface area contributed by atoms with E-state index in [1.54, 1.807) is 38.1 Å². The molecule has 0 spiro atoms. The molecule has 0 bridgehead atoms. The number of imide groups is 1. The van der Waals surface area contributed by atoms with Crippen molar-refractivity contribution in [3.63, 3.8) is 0 Å². The van der Waals surface area contributed by atoms with Crippen molar-refractivity contribution in [2.45, 2.75) is 25.3 Å². The van der Waals surface area contributed by atoms with E-state index in [9.17, 15) is 22.8 Å². The zero-order valence-electron chi connectivity index (χ0n) is 17.5. The summed E-state index contributed by atoms with van der Waals surface area (Å²) in [6, 6.07) is 10.8. The van der Waals surface area contributed by atoms with Gasteiger partial charge < -0.3 is 5.32 Å². The number of nitrogens with zero attached hydrogens (tertiary/aromatic N) is 2. The highest BCUT2D eigenvalue weighted by atomic mass is 35.5. The molecule has 0 aromatic heterocycles. The molecule has 1 heterocycles. The molecule has 1 N–H and O–H groups in total. The molecule has 2 aromatic carbocycles. The molecule has 32 heavy (non-hydrogen) atoms. The Morgan fingerprint density at radius 3 is 2.50 bits per heavy atom. The average Bonchev–Trinajstić information content (AvgIpc) is 3.08. The van der Waals surface area contributed by atoms with Gasteiger partial charge in [-0.25, -0.2) is 8.42 Å². The van der Waals surface area contributed by atoms with E-state index in [4.69, 9.17) is 11.6 Å². The van der Waals surface area contributed by atoms with Crippen molar-refractivity contribution in [1.82, 2.24) is 9.21 Å². The lowest BCUT2D eigenvalue weighted by Gasteiger charge is -2.19. The fourth-order valence-corrected chi connectivity index (χ4v) is 5.90. The topological polar surface area (TPSA) is 104 Å². The number of hydrogen-bond acceptors (Lipinski definition) is 6. The Morgan fingerprint density at radius 1 is 1.16 bits per heavy atom. The van der Waals surface area contributed by atoms with Crippen LogP contribution in [0.2, 0.25) is 5.02 Å². The number of benzene rings is 2. The van der Waals surface area contributed by atoms with Crippen molar-refractivity contribution >= 4 is 56.1 Å². The summed E-state index contributed by atoms with van der Waals surface area (Å²) in [6.45, 7) is 4.13. The second-order valence-corrected chi connectivity index (χ2v) is 10.2. The normalized spacial score (nSPS) is 14.3. The zero-order valence-corrected chi connectivity index (χ0v) is 19.9. The molecule has 3 amide bonds. The number of halogens is 1. The molecule has 0 atom stereocenters. The van der Waals surface area contributed by atoms with Crippen molar-refractivity contribution in [1.29, 1.82) is 0 Å². The Kier molecular flexibility index (Phi) is 7.60. The van der Waals surface area contributed by atoms with Crippen LogP contribution in [0.25, 0.3) is 0 Å². The minimum absolute atomic E-state index is 0.0645. The SMILES string of the molecule is CCN(CC)S(=O)(=O)c1cc(NC(=O)c2cccc(CN3C(=O)CSC3=O)c2)ccc1Cl. The van der Waals surface area contributed by atoms with Crippen LogP contribution in [-0.4, -0.2) is 53.5 Å². The summed E-state index contributed by atoms with van der Waals surface area (Å²) in [4.78, 5) is 37.5. The third-order valence-corrected chi connectivity index (χ3v) is 8.27. The maximum Gasteiger partial charge on any atom is 0.289 e. The van der Waals surface area contributed by atoms with Crippen LogP contribution in [0.1, 0.15) is 29.8 Å². The first-order valence-corrected chi connectivity index (χ1v) is 12.6. The number of amides is 3. The molecule has 11 heteroatoms. The van der Waals surface area contributed by atoms with Gasteiger partial charge in [-0.1, -0.05) is 49.3 Å². The molecule has 0 saturated carbocycles. The van der Waals surface area contributed by atoms with Gasteiger partial charge in [0.2, 0.25) is 15.9 Å². The maximum absolute atomic E-state index is 12.9. The van der Waals surface area contributed by atoms with Gasteiger partial charge in [0, 0.05) is 24.3 Å². The summed E-state index contributed by atoms with van der Waals surface area (Å²) >= 11 is 7.09. The number of sulfonamides is 1. The molecule has 170 valence electrons. The van der Waals surface area contributed by atoms with Gasteiger partial charge in [0.15, 0.2) is 0 Å². The van der Waals surface area contributed by atoms with Crippen LogP contribution in [-0.2, 0) is 21.4 Å². The van der Waals surface area contributed by atoms with Gasteiger partial charge in [-0.05, 0) is 35.9 Å². The monoisotopic (exact) mass is 495 g/mol. The van der Waals surface area contributed by atoms with Gasteiger partial charge in [-0.15, -0.1) is 0 Å². The lowest BCUT2D eigenvalue weighted by atomic mass is 10.1. The third-order valence-electron chi connectivity index (χ3n) is 4.88. The maximum atomic E-state index is 12.9. The van der Waals surface area contributed by atoms with Crippen LogP contribution in [0.5, 0.6) is 0 Å². The van der Waals surface area contributed by atoms with Crippen LogP contribution >= 0.6 is 23.4 Å². The summed E-state index contributed by atoms with van der Waals surface area (Å²) in [5.41, 5.74) is 1.21. The standard InChI is InChI=1S/C21H22ClN3O5S2/c1-3-24(4-2)32(29,30)18-11-16(8-9-17(18)22)23-20(27)15-7-5-6-14(10-15)12-25-19(26)13-31-21(25)28/h5-11H,3-4,12-13H2,1-2H3,(H,23,27). The number of thioether (sulfide) groups is 1. The molecule has 1 fully saturated rings. The number of anilines is 1. The Balaban J connectivity index is 1.81. The minimum atomic E-state index is -3.81. The second kappa shape index (κ2) is 10.0. The van der Waals surface area contributed by atoms with E-state index in [1.807, 2.05) is 0 Å². The zero-order chi connectivity index (χ0) is 23.5. The van der Waals surface area contributed by atoms with Gasteiger partial charge in [0.1, 0.15) is 4.90 Å². The number of carbonyl (C=O) groups excluding carboxylic acids is 3. The van der Waals surface area contributed by atoms with Crippen molar-refractivity contribution in [3.05, 3.63) is 58.6 Å². The van der Waals surface area contributed by atoms with Gasteiger partial charge in [-0.3, -0.25) is 19.3 Å². The summed E-state index contributed by atoms with van der Waals surface area (Å²) in [6.07, 6.45) is 0. The van der Waals surface area contributed by atoms with Crippen LogP contribution in [0.3, 0.4) is 0 Å². The Bertz CT molecular complexity index is 1150. The van der Waals surface area contributed by atoms with Gasteiger partial charge in [0.25, 0.3) is 11.1 Å². The lowest BCUT2D eigenvalue weighted by Crippen LogP contribution is -2.30. The molecule has 0 aliphatic carbocycles. The Hall–Kier alpha value is -2.40. The minimum Gasteiger partial charge on any atom is -0.322 e. The van der Waals surface area contributed by atoms with Gasteiger partial charge in [-0.2, -0.15) is 4.31 Å². The van der Waals surface area contributed by atoms with E-state index in [0.29, 0.717) is 24.2 Å². The van der Waals surface area contributed by atoms with E-state index in [0.717, 1.165) is 16.7 Å². The third kappa shape index (κ3) is 5.15. The summed E-state index contributed by atoms with van der Waals surface area (Å²) in [5, 5.41) is 2.43. The first kappa shape index (κ1) is 24.2. The first-order valence-electron chi connectivity index (χ1n) is 9.84. The van der Waals surface area contributed by atoms with E-state index >= 15 is 0 Å². The summed E-state index contributed by atoms with van der Waals surface area (Å²) in [5.74, 6) is -0.610. The highest BCUT2D eigenvalue weighted by molar-refractivity contribution is 8.14. The molecule has 2 aromatic rings. The van der Waals surface area contributed by atoms with Crippen LogP contribution in [0.15, 0.2) is 47.4 Å². The molecule has 1 aliphatic heterocycles. The van der Waals surface area contributed by atoms with Crippen LogP contribution in [0.4, 0.5) is 10.5 Å². The summed E-state index contributed by atoms with van der Waals surface area (Å²) < 4.78 is 27.0. The highest BCUT2D eigenvalue weighted by Gasteiger charge is 2.30. The number of hydrogen-bond donors (Lipinski definition) is 1. The van der Waals surface area contributed by atoms with Crippen LogP contribution in [0, 0.1) is 0 Å². The largest absolute Gasteiger partial charge is 0.322 e. The molecule has 0 unspecified atom stereocenters. The predicted octanol–water partition coefficient (Wildman–Crippen LogP) is 3.82.